The Morgan fingerprint density at radius 3 is 3.08 bits per heavy atom. The number of aryl methyl sites for hydroxylation is 1. The van der Waals surface area contributed by atoms with Gasteiger partial charge in [-0.25, -0.2) is 9.07 Å². The smallest absolute Gasteiger partial charge is 0.135 e. The zero-order chi connectivity index (χ0) is 8.97. The largest absolute Gasteiger partial charge is 0.300 e. The molecule has 0 aliphatic rings. The van der Waals surface area contributed by atoms with E-state index in [-0.39, 0.29) is 18.7 Å². The Morgan fingerprint density at radius 1 is 1.75 bits per heavy atom. The van der Waals surface area contributed by atoms with Gasteiger partial charge in [-0.15, -0.1) is 5.10 Å². The highest BCUT2D eigenvalue weighted by Gasteiger charge is 2.05. The van der Waals surface area contributed by atoms with Gasteiger partial charge in [-0.1, -0.05) is 5.21 Å². The summed E-state index contributed by atoms with van der Waals surface area (Å²) in [5, 5.41) is 7.22. The molecule has 0 saturated heterocycles. The molecular formula is C7H10FN3O. The number of aromatic nitrogens is 3. The average Bonchev–Trinajstić information content (AvgIpc) is 2.37. The van der Waals surface area contributed by atoms with Gasteiger partial charge < -0.3 is 0 Å². The highest BCUT2D eigenvalue weighted by molar-refractivity contribution is 5.77. The second kappa shape index (κ2) is 3.94. The van der Waals surface area contributed by atoms with Crippen molar-refractivity contribution in [2.75, 3.05) is 6.67 Å². The first-order chi connectivity index (χ1) is 5.74. The molecule has 66 valence electrons. The van der Waals surface area contributed by atoms with Gasteiger partial charge >= 0.3 is 0 Å². The number of nitrogens with zero attached hydrogens (tertiary/aromatic N) is 3. The lowest BCUT2D eigenvalue weighted by atomic mass is 10.2. The zero-order valence-electron chi connectivity index (χ0n) is 6.83. The molecule has 0 atom stereocenters. The number of halogens is 1. The second-order valence-electron chi connectivity index (χ2n) is 2.52. The molecule has 4 nitrogen and oxygen atoms in total. The third kappa shape index (κ3) is 2.11. The quantitative estimate of drug-likeness (QED) is 0.658. The van der Waals surface area contributed by atoms with E-state index in [1.165, 1.54) is 17.8 Å². The highest BCUT2D eigenvalue weighted by atomic mass is 19.1. The molecule has 0 fully saturated rings. The van der Waals surface area contributed by atoms with E-state index in [0.717, 1.165) is 0 Å². The van der Waals surface area contributed by atoms with E-state index >= 15 is 0 Å². The summed E-state index contributed by atoms with van der Waals surface area (Å²) in [5.74, 6) is 0.0254. The van der Waals surface area contributed by atoms with E-state index in [0.29, 0.717) is 5.69 Å². The van der Waals surface area contributed by atoms with Crippen molar-refractivity contribution >= 4 is 5.78 Å². The fraction of sp³-hybridized carbons (Fsp3) is 0.571. The molecule has 0 amide bonds. The summed E-state index contributed by atoms with van der Waals surface area (Å²) in [4.78, 5) is 10.7. The van der Waals surface area contributed by atoms with Crippen molar-refractivity contribution in [3.8, 4) is 0 Å². The SMILES string of the molecule is CC(=O)Cc1cnnn1CCF. The molecule has 0 radical (unpaired) electrons. The number of carbonyl (C=O) groups excluding carboxylic acids is 1. The minimum absolute atomic E-state index is 0.0254. The molecule has 1 aromatic rings. The predicted octanol–water partition coefficient (Wildman–Crippen LogP) is 0.379. The average molecular weight is 171 g/mol. The minimum atomic E-state index is -0.492. The van der Waals surface area contributed by atoms with Crippen LogP contribution in [0.15, 0.2) is 6.20 Å². The van der Waals surface area contributed by atoms with Crippen LogP contribution in [-0.4, -0.2) is 27.5 Å². The first-order valence-electron chi connectivity index (χ1n) is 3.67. The molecule has 0 N–H and O–H groups in total. The maximum Gasteiger partial charge on any atom is 0.135 e. The topological polar surface area (TPSA) is 47.8 Å². The number of hydrogen-bond acceptors (Lipinski definition) is 3. The highest BCUT2D eigenvalue weighted by Crippen LogP contribution is 1.98. The molecule has 0 aromatic carbocycles. The van der Waals surface area contributed by atoms with E-state index in [1.54, 1.807) is 0 Å². The number of Topliss-reactive ketones (excluding diaryl/α,β-unsaturated/α-hetero) is 1. The minimum Gasteiger partial charge on any atom is -0.300 e. The fourth-order valence-corrected chi connectivity index (χ4v) is 0.939. The molecule has 0 spiro atoms. The van der Waals surface area contributed by atoms with Gasteiger partial charge in [0.2, 0.25) is 0 Å². The van der Waals surface area contributed by atoms with Gasteiger partial charge in [-0.3, -0.25) is 4.79 Å². The Balaban J connectivity index is 2.69. The van der Waals surface area contributed by atoms with Crippen LogP contribution in [0, 0.1) is 0 Å². The number of rotatable bonds is 4. The molecule has 1 aromatic heterocycles. The van der Waals surface area contributed by atoms with Gasteiger partial charge in [-0.2, -0.15) is 0 Å². The van der Waals surface area contributed by atoms with Gasteiger partial charge in [0.25, 0.3) is 0 Å². The lowest BCUT2D eigenvalue weighted by molar-refractivity contribution is -0.116. The third-order valence-corrected chi connectivity index (χ3v) is 1.42. The molecule has 0 bridgehead atoms. The van der Waals surface area contributed by atoms with Gasteiger partial charge in [0, 0.05) is 6.42 Å². The van der Waals surface area contributed by atoms with Crippen molar-refractivity contribution in [2.45, 2.75) is 19.9 Å². The standard InChI is InChI=1S/C7H10FN3O/c1-6(12)4-7-5-9-10-11(7)3-2-8/h5H,2-4H2,1H3. The van der Waals surface area contributed by atoms with Crippen molar-refractivity contribution in [1.29, 1.82) is 0 Å². The van der Waals surface area contributed by atoms with Crippen LogP contribution in [0.3, 0.4) is 0 Å². The monoisotopic (exact) mass is 171 g/mol. The number of carbonyl (C=O) groups is 1. The van der Waals surface area contributed by atoms with Crippen LogP contribution in [0.2, 0.25) is 0 Å². The lowest BCUT2D eigenvalue weighted by Crippen LogP contribution is -2.09. The third-order valence-electron chi connectivity index (χ3n) is 1.42. The fourth-order valence-electron chi connectivity index (χ4n) is 0.939. The Labute approximate surface area is 69.4 Å². The Bertz CT molecular complexity index is 271. The van der Waals surface area contributed by atoms with Crippen LogP contribution in [0.1, 0.15) is 12.6 Å². The lowest BCUT2D eigenvalue weighted by Gasteiger charge is -1.99. The van der Waals surface area contributed by atoms with Crippen LogP contribution in [0.4, 0.5) is 4.39 Å². The van der Waals surface area contributed by atoms with Crippen molar-refractivity contribution in [3.63, 3.8) is 0 Å². The Morgan fingerprint density at radius 2 is 2.50 bits per heavy atom. The van der Waals surface area contributed by atoms with Gasteiger partial charge in [0.1, 0.15) is 12.5 Å². The number of hydrogen-bond donors (Lipinski definition) is 0. The van der Waals surface area contributed by atoms with Crippen LogP contribution in [-0.2, 0) is 17.8 Å². The summed E-state index contributed by atoms with van der Waals surface area (Å²) in [7, 11) is 0. The van der Waals surface area contributed by atoms with Crippen molar-refractivity contribution < 1.29 is 9.18 Å². The summed E-state index contributed by atoms with van der Waals surface area (Å²) < 4.78 is 13.3. The molecule has 0 unspecified atom stereocenters. The van der Waals surface area contributed by atoms with Gasteiger partial charge in [-0.05, 0) is 6.92 Å². The van der Waals surface area contributed by atoms with Crippen LogP contribution < -0.4 is 0 Å². The molecule has 1 rings (SSSR count). The molecule has 0 aliphatic heterocycles. The van der Waals surface area contributed by atoms with E-state index in [9.17, 15) is 9.18 Å². The number of alkyl halides is 1. The first kappa shape index (κ1) is 8.83. The first-order valence-corrected chi connectivity index (χ1v) is 3.67. The van der Waals surface area contributed by atoms with Crippen LogP contribution >= 0.6 is 0 Å². The van der Waals surface area contributed by atoms with Crippen molar-refractivity contribution in [3.05, 3.63) is 11.9 Å². The number of ketones is 1. The molecular weight excluding hydrogens is 161 g/mol. The Kier molecular flexibility index (Phi) is 2.90. The van der Waals surface area contributed by atoms with Crippen LogP contribution in [0.5, 0.6) is 0 Å². The van der Waals surface area contributed by atoms with E-state index < -0.39 is 6.67 Å². The summed E-state index contributed by atoms with van der Waals surface area (Å²) >= 11 is 0. The van der Waals surface area contributed by atoms with Crippen LogP contribution in [0.25, 0.3) is 0 Å². The maximum atomic E-state index is 11.9. The summed E-state index contributed by atoms with van der Waals surface area (Å²) in [6.45, 7) is 1.16. The van der Waals surface area contributed by atoms with Crippen molar-refractivity contribution in [2.24, 2.45) is 0 Å². The normalized spacial score (nSPS) is 10.2. The maximum absolute atomic E-state index is 11.9. The molecule has 5 heteroatoms. The van der Waals surface area contributed by atoms with E-state index in [1.807, 2.05) is 0 Å². The summed E-state index contributed by atoms with van der Waals surface area (Å²) in [6, 6.07) is 0. The van der Waals surface area contributed by atoms with E-state index in [2.05, 4.69) is 10.3 Å². The van der Waals surface area contributed by atoms with Gasteiger partial charge in [0.05, 0.1) is 18.4 Å². The summed E-state index contributed by atoms with van der Waals surface area (Å²) in [6.07, 6.45) is 1.75. The summed E-state index contributed by atoms with van der Waals surface area (Å²) in [5.41, 5.74) is 0.667. The molecule has 1 heterocycles. The molecule has 0 aliphatic carbocycles. The zero-order valence-corrected chi connectivity index (χ0v) is 6.83. The second-order valence-corrected chi connectivity index (χ2v) is 2.52. The molecule has 12 heavy (non-hydrogen) atoms. The van der Waals surface area contributed by atoms with Gasteiger partial charge in [0.15, 0.2) is 0 Å². The van der Waals surface area contributed by atoms with Crippen molar-refractivity contribution in [1.82, 2.24) is 15.0 Å². The van der Waals surface area contributed by atoms with E-state index in [4.69, 9.17) is 0 Å². The predicted molar refractivity (Wildman–Crippen MR) is 40.4 cm³/mol. The Hall–Kier alpha value is -1.26. The molecule has 0 saturated carbocycles.